The largest absolute Gasteiger partial charge is 0.485 e. The molecule has 0 unspecified atom stereocenters. The van der Waals surface area contributed by atoms with Crippen molar-refractivity contribution in [1.82, 2.24) is 0 Å². The highest BCUT2D eigenvalue weighted by Crippen LogP contribution is 2.31. The first kappa shape index (κ1) is 20.2. The molecule has 3 rings (SSSR count). The van der Waals surface area contributed by atoms with E-state index in [0.717, 1.165) is 17.5 Å². The molecule has 0 saturated carbocycles. The van der Waals surface area contributed by atoms with Crippen molar-refractivity contribution in [3.63, 3.8) is 0 Å². The van der Waals surface area contributed by atoms with E-state index in [4.69, 9.17) is 9.47 Å². The van der Waals surface area contributed by atoms with Gasteiger partial charge in [-0.05, 0) is 35.7 Å². The number of benzene rings is 3. The fraction of sp³-hybridized carbons (Fsp3) is 0.208. The summed E-state index contributed by atoms with van der Waals surface area (Å²) in [6.45, 7) is 2.82. The molecule has 0 N–H and O–H groups in total. The van der Waals surface area contributed by atoms with Crippen LogP contribution in [0.25, 0.3) is 0 Å². The predicted octanol–water partition coefficient (Wildman–Crippen LogP) is 6.20. The molecule has 3 aromatic carbocycles. The molecule has 0 fully saturated rings. The maximum absolute atomic E-state index is 12.5. The fourth-order valence-electron chi connectivity index (χ4n) is 2.73. The maximum atomic E-state index is 12.5. The lowest BCUT2D eigenvalue weighted by Gasteiger charge is -2.15. The van der Waals surface area contributed by atoms with E-state index in [1.54, 1.807) is 12.1 Å². The highest BCUT2D eigenvalue weighted by atomic mass is 79.9. The van der Waals surface area contributed by atoms with E-state index in [0.29, 0.717) is 30.3 Å². The van der Waals surface area contributed by atoms with Gasteiger partial charge in [-0.3, -0.25) is 4.79 Å². The Hall–Kier alpha value is -2.59. The Morgan fingerprint density at radius 3 is 1.89 bits per heavy atom. The number of alkyl halides is 1. The molecule has 3 nitrogen and oxygen atoms in total. The molecule has 0 aliphatic carbocycles. The van der Waals surface area contributed by atoms with Gasteiger partial charge in [-0.25, -0.2) is 0 Å². The van der Waals surface area contributed by atoms with Crippen LogP contribution in [0.3, 0.4) is 0 Å². The molecule has 0 radical (unpaired) electrons. The average Bonchev–Trinajstić information content (AvgIpc) is 2.76. The SMILES string of the molecule is CC[C@H](Br)C(=O)c1ccc(OCc2ccccc2)c(OCc2ccccc2)c1. The Balaban J connectivity index is 1.81. The van der Waals surface area contributed by atoms with Gasteiger partial charge in [0, 0.05) is 5.56 Å². The van der Waals surface area contributed by atoms with Crippen LogP contribution in [0, 0.1) is 0 Å². The van der Waals surface area contributed by atoms with E-state index in [1.807, 2.05) is 73.7 Å². The Morgan fingerprint density at radius 1 is 0.821 bits per heavy atom. The zero-order chi connectivity index (χ0) is 19.8. The first-order valence-electron chi connectivity index (χ1n) is 9.33. The summed E-state index contributed by atoms with van der Waals surface area (Å²) in [5.41, 5.74) is 2.74. The van der Waals surface area contributed by atoms with Crippen molar-refractivity contribution in [3.8, 4) is 11.5 Å². The monoisotopic (exact) mass is 438 g/mol. The second kappa shape index (κ2) is 10.1. The molecule has 28 heavy (non-hydrogen) atoms. The van der Waals surface area contributed by atoms with Crippen molar-refractivity contribution in [2.24, 2.45) is 0 Å². The van der Waals surface area contributed by atoms with Gasteiger partial charge in [0.25, 0.3) is 0 Å². The first-order valence-corrected chi connectivity index (χ1v) is 10.2. The molecule has 0 bridgehead atoms. The van der Waals surface area contributed by atoms with Crippen LogP contribution in [0.2, 0.25) is 0 Å². The van der Waals surface area contributed by atoms with Gasteiger partial charge >= 0.3 is 0 Å². The van der Waals surface area contributed by atoms with Crippen molar-refractivity contribution in [2.75, 3.05) is 0 Å². The summed E-state index contributed by atoms with van der Waals surface area (Å²) in [6.07, 6.45) is 0.727. The lowest BCUT2D eigenvalue weighted by atomic mass is 10.1. The quantitative estimate of drug-likeness (QED) is 0.294. The third-order valence-corrected chi connectivity index (χ3v) is 5.41. The Morgan fingerprint density at radius 2 is 1.36 bits per heavy atom. The second-order valence-electron chi connectivity index (χ2n) is 6.45. The van der Waals surface area contributed by atoms with E-state index < -0.39 is 0 Å². The third kappa shape index (κ3) is 5.46. The number of carbonyl (C=O) groups is 1. The van der Waals surface area contributed by atoms with Gasteiger partial charge in [-0.1, -0.05) is 83.5 Å². The van der Waals surface area contributed by atoms with Crippen LogP contribution in [0.15, 0.2) is 78.9 Å². The minimum atomic E-state index is -0.203. The van der Waals surface area contributed by atoms with Crippen LogP contribution in [-0.4, -0.2) is 10.6 Å². The highest BCUT2D eigenvalue weighted by molar-refractivity contribution is 9.10. The summed E-state index contributed by atoms with van der Waals surface area (Å²) in [6, 6.07) is 25.3. The normalized spacial score (nSPS) is 11.6. The molecule has 0 saturated heterocycles. The number of carbonyl (C=O) groups excluding carboxylic acids is 1. The third-order valence-electron chi connectivity index (χ3n) is 4.35. The molecule has 0 aliphatic heterocycles. The molecule has 0 aromatic heterocycles. The smallest absolute Gasteiger partial charge is 0.176 e. The van der Waals surface area contributed by atoms with E-state index >= 15 is 0 Å². The highest BCUT2D eigenvalue weighted by Gasteiger charge is 2.17. The number of halogens is 1. The number of ether oxygens (including phenoxy) is 2. The van der Waals surface area contributed by atoms with Gasteiger partial charge in [0.2, 0.25) is 0 Å². The summed E-state index contributed by atoms with van der Waals surface area (Å²) in [5.74, 6) is 1.24. The predicted molar refractivity (Wildman–Crippen MR) is 115 cm³/mol. The molecule has 0 aliphatic rings. The topological polar surface area (TPSA) is 35.5 Å². The zero-order valence-corrected chi connectivity index (χ0v) is 17.4. The minimum Gasteiger partial charge on any atom is -0.485 e. The molecule has 1 atom stereocenters. The average molecular weight is 439 g/mol. The summed E-state index contributed by atoms with van der Waals surface area (Å²) in [4.78, 5) is 12.3. The van der Waals surface area contributed by atoms with E-state index in [2.05, 4.69) is 15.9 Å². The Kier molecular flexibility index (Phi) is 7.26. The Bertz CT molecular complexity index is 894. The first-order chi connectivity index (χ1) is 13.7. The minimum absolute atomic E-state index is 0.0432. The number of hydrogen-bond acceptors (Lipinski definition) is 3. The van der Waals surface area contributed by atoms with Gasteiger partial charge in [-0.2, -0.15) is 0 Å². The molecule has 144 valence electrons. The second-order valence-corrected chi connectivity index (χ2v) is 7.56. The zero-order valence-electron chi connectivity index (χ0n) is 15.8. The molecular formula is C24H23BrO3. The molecule has 0 spiro atoms. The van der Waals surface area contributed by atoms with E-state index in [-0.39, 0.29) is 10.6 Å². The lowest BCUT2D eigenvalue weighted by molar-refractivity contribution is 0.0989. The molecule has 0 heterocycles. The maximum Gasteiger partial charge on any atom is 0.176 e. The summed E-state index contributed by atoms with van der Waals surface area (Å²) in [5, 5.41) is 0. The van der Waals surface area contributed by atoms with Gasteiger partial charge < -0.3 is 9.47 Å². The van der Waals surface area contributed by atoms with Crippen LogP contribution < -0.4 is 9.47 Å². The summed E-state index contributed by atoms with van der Waals surface area (Å²) in [7, 11) is 0. The standard InChI is InChI=1S/C24H23BrO3/c1-2-21(25)24(26)20-13-14-22(27-16-18-9-5-3-6-10-18)23(15-20)28-17-19-11-7-4-8-12-19/h3-15,21H,2,16-17H2,1H3/t21-/m0/s1. The van der Waals surface area contributed by atoms with Crippen molar-refractivity contribution in [3.05, 3.63) is 95.6 Å². The number of hydrogen-bond donors (Lipinski definition) is 0. The molecule has 4 heteroatoms. The van der Waals surface area contributed by atoms with Gasteiger partial charge in [0.1, 0.15) is 13.2 Å². The number of ketones is 1. The van der Waals surface area contributed by atoms with Crippen LogP contribution in [-0.2, 0) is 13.2 Å². The molecular weight excluding hydrogens is 416 g/mol. The number of Topliss-reactive ketones (excluding diaryl/α,β-unsaturated/α-hetero) is 1. The fourth-order valence-corrected chi connectivity index (χ4v) is 2.99. The van der Waals surface area contributed by atoms with Crippen LogP contribution >= 0.6 is 15.9 Å². The van der Waals surface area contributed by atoms with Crippen molar-refractivity contribution in [1.29, 1.82) is 0 Å². The molecule has 3 aromatic rings. The van der Waals surface area contributed by atoms with Crippen LogP contribution in [0.4, 0.5) is 0 Å². The van der Waals surface area contributed by atoms with Crippen LogP contribution in [0.5, 0.6) is 11.5 Å². The van der Waals surface area contributed by atoms with Crippen molar-refractivity contribution >= 4 is 21.7 Å². The summed E-state index contributed by atoms with van der Waals surface area (Å²) < 4.78 is 12.0. The lowest BCUT2D eigenvalue weighted by Crippen LogP contribution is -2.13. The number of rotatable bonds is 9. The Labute approximate surface area is 174 Å². The van der Waals surface area contributed by atoms with Gasteiger partial charge in [0.15, 0.2) is 17.3 Å². The van der Waals surface area contributed by atoms with Crippen molar-refractivity contribution in [2.45, 2.75) is 31.4 Å². The van der Waals surface area contributed by atoms with Crippen molar-refractivity contribution < 1.29 is 14.3 Å². The van der Waals surface area contributed by atoms with E-state index in [9.17, 15) is 4.79 Å². The van der Waals surface area contributed by atoms with E-state index in [1.165, 1.54) is 0 Å². The van der Waals surface area contributed by atoms with Gasteiger partial charge in [-0.15, -0.1) is 0 Å². The van der Waals surface area contributed by atoms with Crippen LogP contribution in [0.1, 0.15) is 34.8 Å². The van der Waals surface area contributed by atoms with Gasteiger partial charge in [0.05, 0.1) is 4.83 Å². The summed E-state index contributed by atoms with van der Waals surface area (Å²) >= 11 is 3.44. The molecule has 0 amide bonds.